The maximum absolute atomic E-state index is 9.45. The van der Waals surface area contributed by atoms with Crippen LogP contribution in [0.15, 0.2) is 6.20 Å². The van der Waals surface area contributed by atoms with Crippen molar-refractivity contribution in [2.75, 3.05) is 20.3 Å². The third kappa shape index (κ3) is 4.25. The van der Waals surface area contributed by atoms with Crippen LogP contribution in [-0.2, 0) is 4.74 Å². The molecule has 0 aliphatic rings. The zero-order valence-electron chi connectivity index (χ0n) is 9.36. The van der Waals surface area contributed by atoms with Gasteiger partial charge in [-0.05, 0) is 13.8 Å². The highest BCUT2D eigenvalue weighted by molar-refractivity contribution is 7.11. The molecule has 1 unspecified atom stereocenters. The predicted molar refractivity (Wildman–Crippen MR) is 61.2 cm³/mol. The summed E-state index contributed by atoms with van der Waals surface area (Å²) in [6.45, 7) is 4.95. The summed E-state index contributed by atoms with van der Waals surface area (Å²) in [5, 5.41) is 13.7. The van der Waals surface area contributed by atoms with Crippen LogP contribution >= 0.6 is 11.3 Å². The maximum Gasteiger partial charge on any atom is 0.109 e. The lowest BCUT2D eigenvalue weighted by Gasteiger charge is -2.14. The molecule has 15 heavy (non-hydrogen) atoms. The van der Waals surface area contributed by atoms with Crippen LogP contribution in [0, 0.1) is 6.92 Å². The average molecular weight is 230 g/mol. The normalized spacial score (nSPS) is 15.2. The van der Waals surface area contributed by atoms with E-state index in [9.17, 15) is 5.11 Å². The molecule has 2 atom stereocenters. The number of nitrogens with zero attached hydrogens (tertiary/aromatic N) is 1. The summed E-state index contributed by atoms with van der Waals surface area (Å²) in [5.74, 6) is 0. The summed E-state index contributed by atoms with van der Waals surface area (Å²) < 4.78 is 4.84. The van der Waals surface area contributed by atoms with Gasteiger partial charge in [-0.25, -0.2) is 4.98 Å². The highest BCUT2D eigenvalue weighted by Crippen LogP contribution is 2.18. The molecule has 0 saturated heterocycles. The first-order valence-corrected chi connectivity index (χ1v) is 5.78. The molecule has 5 heteroatoms. The van der Waals surface area contributed by atoms with Gasteiger partial charge in [0.05, 0.1) is 18.8 Å². The number of aliphatic hydroxyl groups is 1. The molecule has 4 nitrogen and oxygen atoms in total. The van der Waals surface area contributed by atoms with Crippen molar-refractivity contribution in [3.63, 3.8) is 0 Å². The third-order valence-electron chi connectivity index (χ3n) is 2.03. The minimum Gasteiger partial charge on any atom is -0.389 e. The smallest absolute Gasteiger partial charge is 0.109 e. The molecule has 86 valence electrons. The van der Waals surface area contributed by atoms with Gasteiger partial charge in [0, 0.05) is 24.7 Å². The SMILES string of the molecule is COC[C@@H](O)CNC(C)c1ncc(C)s1. The zero-order chi connectivity index (χ0) is 11.3. The van der Waals surface area contributed by atoms with E-state index in [4.69, 9.17) is 4.74 Å². The second-order valence-electron chi connectivity index (χ2n) is 3.55. The summed E-state index contributed by atoms with van der Waals surface area (Å²) >= 11 is 1.67. The van der Waals surface area contributed by atoms with E-state index < -0.39 is 6.10 Å². The zero-order valence-corrected chi connectivity index (χ0v) is 10.2. The molecular formula is C10H18N2O2S. The number of aryl methyl sites for hydroxylation is 1. The van der Waals surface area contributed by atoms with E-state index >= 15 is 0 Å². The highest BCUT2D eigenvalue weighted by Gasteiger charge is 2.10. The Balaban J connectivity index is 2.33. The number of rotatable bonds is 6. The molecular weight excluding hydrogens is 212 g/mol. The van der Waals surface area contributed by atoms with Gasteiger partial charge < -0.3 is 15.2 Å². The second-order valence-corrected chi connectivity index (χ2v) is 4.81. The van der Waals surface area contributed by atoms with Crippen LogP contribution < -0.4 is 5.32 Å². The number of hydrogen-bond acceptors (Lipinski definition) is 5. The fourth-order valence-corrected chi connectivity index (χ4v) is 2.02. The third-order valence-corrected chi connectivity index (χ3v) is 3.12. The number of methoxy groups -OCH3 is 1. The lowest BCUT2D eigenvalue weighted by atomic mass is 10.3. The molecule has 0 amide bonds. The number of nitrogens with one attached hydrogen (secondary N) is 1. The summed E-state index contributed by atoms with van der Waals surface area (Å²) in [4.78, 5) is 5.49. The van der Waals surface area contributed by atoms with Crippen molar-refractivity contribution in [3.05, 3.63) is 16.1 Å². The van der Waals surface area contributed by atoms with E-state index in [-0.39, 0.29) is 6.04 Å². The minimum atomic E-state index is -0.460. The topological polar surface area (TPSA) is 54.4 Å². The number of hydrogen-bond donors (Lipinski definition) is 2. The van der Waals surface area contributed by atoms with Crippen LogP contribution in [0.25, 0.3) is 0 Å². The molecule has 1 aromatic heterocycles. The Morgan fingerprint density at radius 3 is 2.93 bits per heavy atom. The van der Waals surface area contributed by atoms with Crippen molar-refractivity contribution in [1.29, 1.82) is 0 Å². The van der Waals surface area contributed by atoms with Gasteiger partial charge in [-0.1, -0.05) is 0 Å². The van der Waals surface area contributed by atoms with Gasteiger partial charge in [-0.15, -0.1) is 11.3 Å². The van der Waals surface area contributed by atoms with Crippen LogP contribution in [0.4, 0.5) is 0 Å². The highest BCUT2D eigenvalue weighted by atomic mass is 32.1. The Hall–Kier alpha value is -0.490. The summed E-state index contributed by atoms with van der Waals surface area (Å²) in [5.41, 5.74) is 0. The molecule has 0 fully saturated rings. The molecule has 0 aromatic carbocycles. The van der Waals surface area contributed by atoms with Crippen molar-refractivity contribution in [3.8, 4) is 0 Å². The van der Waals surface area contributed by atoms with Crippen LogP contribution in [0.5, 0.6) is 0 Å². The molecule has 0 bridgehead atoms. The van der Waals surface area contributed by atoms with E-state index in [1.54, 1.807) is 18.4 Å². The van der Waals surface area contributed by atoms with Crippen molar-refractivity contribution >= 4 is 11.3 Å². The molecule has 0 aliphatic carbocycles. The Kier molecular flexibility index (Phi) is 5.17. The number of aliphatic hydroxyl groups excluding tert-OH is 1. The van der Waals surface area contributed by atoms with E-state index in [1.165, 1.54) is 4.88 Å². The van der Waals surface area contributed by atoms with Gasteiger partial charge in [-0.2, -0.15) is 0 Å². The summed E-state index contributed by atoms with van der Waals surface area (Å²) in [6, 6.07) is 0.176. The number of aromatic nitrogens is 1. The second kappa shape index (κ2) is 6.17. The number of thiazole rings is 1. The van der Waals surface area contributed by atoms with Crippen LogP contribution in [0.2, 0.25) is 0 Å². The molecule has 1 rings (SSSR count). The Morgan fingerprint density at radius 1 is 1.67 bits per heavy atom. The van der Waals surface area contributed by atoms with Crippen molar-refractivity contribution in [1.82, 2.24) is 10.3 Å². The fourth-order valence-electron chi connectivity index (χ4n) is 1.22. The van der Waals surface area contributed by atoms with Gasteiger partial charge in [-0.3, -0.25) is 0 Å². The first-order chi connectivity index (χ1) is 7.13. The lowest BCUT2D eigenvalue weighted by Crippen LogP contribution is -2.31. The van der Waals surface area contributed by atoms with Gasteiger partial charge in [0.25, 0.3) is 0 Å². The van der Waals surface area contributed by atoms with Gasteiger partial charge in [0.15, 0.2) is 0 Å². The van der Waals surface area contributed by atoms with Crippen molar-refractivity contribution in [2.45, 2.75) is 26.0 Å². The molecule has 2 N–H and O–H groups in total. The van der Waals surface area contributed by atoms with Gasteiger partial charge >= 0.3 is 0 Å². The van der Waals surface area contributed by atoms with E-state index in [2.05, 4.69) is 10.3 Å². The molecule has 0 aliphatic heterocycles. The molecule has 1 heterocycles. The monoisotopic (exact) mass is 230 g/mol. The Morgan fingerprint density at radius 2 is 2.40 bits per heavy atom. The molecule has 0 spiro atoms. The van der Waals surface area contributed by atoms with Crippen molar-refractivity contribution in [2.24, 2.45) is 0 Å². The van der Waals surface area contributed by atoms with Gasteiger partial charge in [0.2, 0.25) is 0 Å². The van der Waals surface area contributed by atoms with Gasteiger partial charge in [0.1, 0.15) is 5.01 Å². The Bertz CT molecular complexity index is 291. The minimum absolute atomic E-state index is 0.176. The first kappa shape index (κ1) is 12.6. The quantitative estimate of drug-likeness (QED) is 0.768. The molecule has 1 aromatic rings. The molecule has 0 radical (unpaired) electrons. The lowest BCUT2D eigenvalue weighted by molar-refractivity contribution is 0.0630. The van der Waals surface area contributed by atoms with Crippen molar-refractivity contribution < 1.29 is 9.84 Å². The fraction of sp³-hybridized carbons (Fsp3) is 0.700. The standard InChI is InChI=1S/C10H18N2O2S/c1-7-4-12-10(15-7)8(2)11-5-9(13)6-14-3/h4,8-9,11,13H,5-6H2,1-3H3/t8?,9-/m0/s1. The van der Waals surface area contributed by atoms with Crippen LogP contribution in [-0.4, -0.2) is 36.5 Å². The summed E-state index contributed by atoms with van der Waals surface area (Å²) in [6.07, 6.45) is 1.41. The largest absolute Gasteiger partial charge is 0.389 e. The van der Waals surface area contributed by atoms with E-state index in [0.717, 1.165) is 5.01 Å². The number of ether oxygens (including phenoxy) is 1. The van der Waals surface area contributed by atoms with E-state index in [0.29, 0.717) is 13.2 Å². The first-order valence-electron chi connectivity index (χ1n) is 4.96. The summed E-state index contributed by atoms with van der Waals surface area (Å²) in [7, 11) is 1.58. The van der Waals surface area contributed by atoms with Crippen LogP contribution in [0.1, 0.15) is 22.9 Å². The molecule has 0 saturated carbocycles. The predicted octanol–water partition coefficient (Wildman–Crippen LogP) is 1.11. The maximum atomic E-state index is 9.45. The average Bonchev–Trinajstić information content (AvgIpc) is 2.62. The van der Waals surface area contributed by atoms with E-state index in [1.807, 2.05) is 20.0 Å². The van der Waals surface area contributed by atoms with Crippen LogP contribution in [0.3, 0.4) is 0 Å². The Labute approximate surface area is 94.3 Å².